The molecule has 1 aromatic rings. The Kier molecular flexibility index (Phi) is 5.58. The number of rotatable bonds is 5. The maximum atomic E-state index is 12.0. The Morgan fingerprint density at radius 3 is 2.50 bits per heavy atom. The Labute approximate surface area is 125 Å². The zero-order valence-electron chi connectivity index (χ0n) is 12.1. The van der Waals surface area contributed by atoms with Gasteiger partial charge in [-0.25, -0.2) is 0 Å². The summed E-state index contributed by atoms with van der Waals surface area (Å²) in [5.74, 6) is 0.117. The summed E-state index contributed by atoms with van der Waals surface area (Å²) in [4.78, 5) is 14.3. The van der Waals surface area contributed by atoms with E-state index in [4.69, 9.17) is 16.3 Å². The van der Waals surface area contributed by atoms with E-state index in [2.05, 4.69) is 11.9 Å². The predicted octanol–water partition coefficient (Wildman–Crippen LogP) is 3.12. The third-order valence-corrected chi connectivity index (χ3v) is 4.30. The van der Waals surface area contributed by atoms with Crippen LogP contribution in [-0.2, 0) is 9.53 Å². The molecule has 1 heterocycles. The molecule has 0 aliphatic carbocycles. The van der Waals surface area contributed by atoms with Crippen LogP contribution in [0, 0.1) is 0 Å². The molecule has 0 radical (unpaired) electrons. The Bertz CT molecular complexity index is 440. The van der Waals surface area contributed by atoms with Gasteiger partial charge in [-0.15, -0.1) is 0 Å². The smallest absolute Gasteiger partial charge is 0.138 e. The minimum absolute atomic E-state index is 0.0832. The van der Waals surface area contributed by atoms with Crippen LogP contribution >= 0.6 is 11.6 Å². The molecule has 1 saturated heterocycles. The van der Waals surface area contributed by atoms with Crippen LogP contribution in [0.1, 0.15) is 31.2 Å². The van der Waals surface area contributed by atoms with Crippen molar-refractivity contribution in [3.8, 4) is 0 Å². The highest BCUT2D eigenvalue weighted by atomic mass is 35.5. The zero-order valence-corrected chi connectivity index (χ0v) is 12.9. The second-order valence-electron chi connectivity index (χ2n) is 5.50. The zero-order chi connectivity index (χ0) is 14.5. The van der Waals surface area contributed by atoms with Crippen molar-refractivity contribution in [2.75, 3.05) is 26.8 Å². The molecule has 0 spiro atoms. The van der Waals surface area contributed by atoms with E-state index in [1.807, 2.05) is 24.3 Å². The monoisotopic (exact) mass is 295 g/mol. The lowest BCUT2D eigenvalue weighted by molar-refractivity contribution is -0.119. The average Bonchev–Trinajstić information content (AvgIpc) is 2.46. The standard InChI is InChI=1S/C16H22ClNO2/c1-12(19)16(13-3-5-14(17)6-4-13)11-18(2)15-7-9-20-10-8-15/h3-6,15-16H,7-11H2,1-2H3/t16-/m0/s1. The first-order chi connectivity index (χ1) is 9.58. The molecule has 0 N–H and O–H groups in total. The molecule has 0 saturated carbocycles. The minimum Gasteiger partial charge on any atom is -0.381 e. The van der Waals surface area contributed by atoms with Crippen LogP contribution in [0.15, 0.2) is 24.3 Å². The topological polar surface area (TPSA) is 29.5 Å². The molecular formula is C16H22ClNO2. The van der Waals surface area contributed by atoms with Gasteiger partial charge in [-0.1, -0.05) is 23.7 Å². The summed E-state index contributed by atoms with van der Waals surface area (Å²) in [7, 11) is 2.10. The van der Waals surface area contributed by atoms with Gasteiger partial charge in [-0.2, -0.15) is 0 Å². The van der Waals surface area contributed by atoms with E-state index in [9.17, 15) is 4.79 Å². The van der Waals surface area contributed by atoms with Gasteiger partial charge < -0.3 is 9.64 Å². The van der Waals surface area contributed by atoms with Crippen LogP contribution < -0.4 is 0 Å². The maximum absolute atomic E-state index is 12.0. The first-order valence-electron chi connectivity index (χ1n) is 7.12. The molecule has 0 amide bonds. The molecule has 1 aromatic carbocycles. The average molecular weight is 296 g/mol. The quantitative estimate of drug-likeness (QED) is 0.836. The molecule has 1 atom stereocenters. The van der Waals surface area contributed by atoms with Crippen LogP contribution in [0.2, 0.25) is 5.02 Å². The summed E-state index contributed by atoms with van der Waals surface area (Å²) in [5, 5.41) is 0.703. The fourth-order valence-electron chi connectivity index (χ4n) is 2.73. The fourth-order valence-corrected chi connectivity index (χ4v) is 2.85. The summed E-state index contributed by atoms with van der Waals surface area (Å²) in [6.45, 7) is 4.06. The van der Waals surface area contributed by atoms with Gasteiger partial charge in [-0.05, 0) is 44.5 Å². The van der Waals surface area contributed by atoms with Gasteiger partial charge in [0, 0.05) is 30.8 Å². The number of carbonyl (C=O) groups is 1. The SMILES string of the molecule is CC(=O)[C@H](CN(C)C1CCOCC1)c1ccc(Cl)cc1. The van der Waals surface area contributed by atoms with E-state index in [0.29, 0.717) is 11.1 Å². The highest BCUT2D eigenvalue weighted by Gasteiger charge is 2.24. The van der Waals surface area contributed by atoms with Crippen molar-refractivity contribution in [2.24, 2.45) is 0 Å². The summed E-state index contributed by atoms with van der Waals surface area (Å²) in [6.07, 6.45) is 2.09. The minimum atomic E-state index is -0.0832. The molecule has 4 heteroatoms. The molecule has 1 fully saturated rings. The molecule has 2 rings (SSSR count). The number of ether oxygens (including phenoxy) is 1. The van der Waals surface area contributed by atoms with Crippen LogP contribution in [0.5, 0.6) is 0 Å². The van der Waals surface area contributed by atoms with E-state index >= 15 is 0 Å². The molecular weight excluding hydrogens is 274 g/mol. The highest BCUT2D eigenvalue weighted by molar-refractivity contribution is 6.30. The molecule has 3 nitrogen and oxygen atoms in total. The number of halogens is 1. The molecule has 0 bridgehead atoms. The number of likely N-dealkylation sites (N-methyl/N-ethyl adjacent to an activating group) is 1. The predicted molar refractivity (Wildman–Crippen MR) is 81.3 cm³/mol. The second-order valence-corrected chi connectivity index (χ2v) is 5.93. The first kappa shape index (κ1) is 15.5. The van der Waals surface area contributed by atoms with Crippen molar-refractivity contribution >= 4 is 17.4 Å². The summed E-state index contributed by atoms with van der Waals surface area (Å²) in [6, 6.07) is 8.11. The van der Waals surface area contributed by atoms with Crippen LogP contribution in [0.25, 0.3) is 0 Å². The Balaban J connectivity index is 2.05. The lowest BCUT2D eigenvalue weighted by Crippen LogP contribution is -2.40. The molecule has 0 unspecified atom stereocenters. The Morgan fingerprint density at radius 1 is 1.35 bits per heavy atom. The molecule has 0 aromatic heterocycles. The van der Waals surface area contributed by atoms with Crippen LogP contribution in [-0.4, -0.2) is 43.5 Å². The molecule has 1 aliphatic heterocycles. The van der Waals surface area contributed by atoms with Gasteiger partial charge in [0.25, 0.3) is 0 Å². The van der Waals surface area contributed by atoms with Gasteiger partial charge in [-0.3, -0.25) is 4.79 Å². The van der Waals surface area contributed by atoms with E-state index in [1.54, 1.807) is 6.92 Å². The molecule has 20 heavy (non-hydrogen) atoms. The van der Waals surface area contributed by atoms with Gasteiger partial charge >= 0.3 is 0 Å². The number of Topliss-reactive ketones (excluding diaryl/α,β-unsaturated/α-hetero) is 1. The van der Waals surface area contributed by atoms with Crippen molar-refractivity contribution in [3.63, 3.8) is 0 Å². The van der Waals surface area contributed by atoms with Gasteiger partial charge in [0.2, 0.25) is 0 Å². The van der Waals surface area contributed by atoms with Crippen molar-refractivity contribution in [3.05, 3.63) is 34.9 Å². The Morgan fingerprint density at radius 2 is 1.95 bits per heavy atom. The third kappa shape index (κ3) is 4.05. The normalized spacial score (nSPS) is 18.2. The van der Waals surface area contributed by atoms with Gasteiger partial charge in [0.05, 0.1) is 5.92 Å². The molecule has 1 aliphatic rings. The van der Waals surface area contributed by atoms with Gasteiger partial charge in [0.1, 0.15) is 5.78 Å². The van der Waals surface area contributed by atoms with Crippen LogP contribution in [0.4, 0.5) is 0 Å². The van der Waals surface area contributed by atoms with Crippen molar-refractivity contribution in [1.29, 1.82) is 0 Å². The van der Waals surface area contributed by atoms with Crippen LogP contribution in [0.3, 0.4) is 0 Å². The lowest BCUT2D eigenvalue weighted by atomic mass is 9.94. The Hall–Kier alpha value is -0.900. The summed E-state index contributed by atoms with van der Waals surface area (Å²) in [5.41, 5.74) is 1.04. The number of benzene rings is 1. The summed E-state index contributed by atoms with van der Waals surface area (Å²) >= 11 is 5.91. The van der Waals surface area contributed by atoms with E-state index < -0.39 is 0 Å². The maximum Gasteiger partial charge on any atom is 0.138 e. The van der Waals surface area contributed by atoms with E-state index in [1.165, 1.54) is 0 Å². The molecule has 110 valence electrons. The highest BCUT2D eigenvalue weighted by Crippen LogP contribution is 2.23. The van der Waals surface area contributed by atoms with Crippen molar-refractivity contribution < 1.29 is 9.53 Å². The fraction of sp³-hybridized carbons (Fsp3) is 0.562. The number of nitrogens with zero attached hydrogens (tertiary/aromatic N) is 1. The third-order valence-electron chi connectivity index (χ3n) is 4.05. The summed E-state index contributed by atoms with van der Waals surface area (Å²) < 4.78 is 5.39. The number of ketones is 1. The largest absolute Gasteiger partial charge is 0.381 e. The number of carbonyl (C=O) groups excluding carboxylic acids is 1. The van der Waals surface area contributed by atoms with E-state index in [0.717, 1.165) is 38.2 Å². The lowest BCUT2D eigenvalue weighted by Gasteiger charge is -2.33. The van der Waals surface area contributed by atoms with Crippen molar-refractivity contribution in [1.82, 2.24) is 4.90 Å². The number of hydrogen-bond donors (Lipinski definition) is 0. The van der Waals surface area contributed by atoms with E-state index in [-0.39, 0.29) is 11.7 Å². The number of hydrogen-bond acceptors (Lipinski definition) is 3. The van der Waals surface area contributed by atoms with Gasteiger partial charge in [0.15, 0.2) is 0 Å². The first-order valence-corrected chi connectivity index (χ1v) is 7.49. The second kappa shape index (κ2) is 7.21. The van der Waals surface area contributed by atoms with Crippen molar-refractivity contribution in [2.45, 2.75) is 31.7 Å².